The fourth-order valence-corrected chi connectivity index (χ4v) is 5.02. The molecule has 3 fully saturated rings. The molecule has 3 aliphatic rings. The lowest BCUT2D eigenvalue weighted by Gasteiger charge is -2.28. The Morgan fingerprint density at radius 3 is 2.58 bits per heavy atom. The molecule has 4 nitrogen and oxygen atoms in total. The van der Waals surface area contributed by atoms with Crippen molar-refractivity contribution in [3.05, 3.63) is 29.8 Å². The highest BCUT2D eigenvalue weighted by Gasteiger charge is 2.42. The van der Waals surface area contributed by atoms with Gasteiger partial charge in [0.2, 0.25) is 5.91 Å². The van der Waals surface area contributed by atoms with E-state index in [1.54, 1.807) is 4.90 Å². The summed E-state index contributed by atoms with van der Waals surface area (Å²) in [5.74, 6) is 2.54. The Morgan fingerprint density at radius 2 is 2.00 bits per heavy atom. The van der Waals surface area contributed by atoms with Gasteiger partial charge in [0.1, 0.15) is 0 Å². The highest BCUT2D eigenvalue weighted by Crippen LogP contribution is 2.49. The van der Waals surface area contributed by atoms with Gasteiger partial charge in [0, 0.05) is 30.3 Å². The minimum Gasteiger partial charge on any atom is -0.349 e. The molecule has 2 amide bonds. The van der Waals surface area contributed by atoms with Gasteiger partial charge in [0.15, 0.2) is 0 Å². The molecule has 0 unspecified atom stereocenters. The van der Waals surface area contributed by atoms with Gasteiger partial charge >= 0.3 is 0 Å². The van der Waals surface area contributed by atoms with Crippen molar-refractivity contribution in [2.24, 2.45) is 17.8 Å². The number of anilines is 1. The predicted octanol–water partition coefficient (Wildman–Crippen LogP) is 3.37. The molecule has 1 saturated heterocycles. The molecule has 2 aliphatic carbocycles. The van der Waals surface area contributed by atoms with Crippen molar-refractivity contribution in [3.8, 4) is 0 Å². The number of carbonyl (C=O) groups excluding carboxylic acids is 2. The van der Waals surface area contributed by atoms with Crippen molar-refractivity contribution in [1.82, 2.24) is 5.32 Å². The molecule has 4 rings (SSSR count). The lowest BCUT2D eigenvalue weighted by atomic mass is 9.84. The molecule has 4 heteroatoms. The number of amides is 2. The van der Waals surface area contributed by atoms with Crippen molar-refractivity contribution in [2.45, 2.75) is 51.5 Å². The first kappa shape index (κ1) is 15.7. The second kappa shape index (κ2) is 6.23. The average molecular weight is 326 g/mol. The summed E-state index contributed by atoms with van der Waals surface area (Å²) in [5, 5.41) is 3.20. The zero-order valence-electron chi connectivity index (χ0n) is 14.3. The number of hydrogen-bond donors (Lipinski definition) is 1. The first-order chi connectivity index (χ1) is 11.6. The molecule has 0 spiro atoms. The normalized spacial score (nSPS) is 30.0. The lowest BCUT2D eigenvalue weighted by molar-refractivity contribution is -0.117. The molecule has 2 saturated carbocycles. The van der Waals surface area contributed by atoms with E-state index < -0.39 is 0 Å². The molecule has 128 valence electrons. The smallest absolute Gasteiger partial charge is 0.251 e. The van der Waals surface area contributed by atoms with Crippen molar-refractivity contribution in [1.29, 1.82) is 0 Å². The first-order valence-electron chi connectivity index (χ1n) is 9.33. The Morgan fingerprint density at radius 1 is 1.21 bits per heavy atom. The summed E-state index contributed by atoms with van der Waals surface area (Å²) in [6, 6.07) is 7.70. The third-order valence-electron chi connectivity index (χ3n) is 6.31. The zero-order valence-corrected chi connectivity index (χ0v) is 14.3. The van der Waals surface area contributed by atoms with Crippen LogP contribution in [0.5, 0.6) is 0 Å². The van der Waals surface area contributed by atoms with Crippen LogP contribution in [0.4, 0.5) is 5.69 Å². The molecule has 1 aliphatic heterocycles. The molecule has 0 aromatic heterocycles. The lowest BCUT2D eigenvalue weighted by Crippen LogP contribution is -2.40. The van der Waals surface area contributed by atoms with E-state index in [9.17, 15) is 9.59 Å². The van der Waals surface area contributed by atoms with E-state index in [1.807, 2.05) is 24.3 Å². The third kappa shape index (κ3) is 2.83. The minimum atomic E-state index is 0.00423. The van der Waals surface area contributed by atoms with Crippen molar-refractivity contribution in [3.63, 3.8) is 0 Å². The topological polar surface area (TPSA) is 49.4 Å². The largest absolute Gasteiger partial charge is 0.349 e. The van der Waals surface area contributed by atoms with Gasteiger partial charge in [-0.25, -0.2) is 0 Å². The Bertz CT molecular complexity index is 640. The summed E-state index contributed by atoms with van der Waals surface area (Å²) in [4.78, 5) is 26.1. The second-order valence-electron chi connectivity index (χ2n) is 7.80. The van der Waals surface area contributed by atoms with Crippen LogP contribution in [0.15, 0.2) is 24.3 Å². The van der Waals surface area contributed by atoms with E-state index in [-0.39, 0.29) is 17.9 Å². The molecule has 1 aromatic rings. The molecule has 1 N–H and O–H groups in total. The average Bonchev–Trinajstić information content (AvgIpc) is 3.31. The Kier molecular flexibility index (Phi) is 4.07. The van der Waals surface area contributed by atoms with E-state index in [0.29, 0.717) is 17.9 Å². The minimum absolute atomic E-state index is 0.00423. The van der Waals surface area contributed by atoms with Crippen LogP contribution in [-0.4, -0.2) is 24.4 Å². The maximum Gasteiger partial charge on any atom is 0.251 e. The van der Waals surface area contributed by atoms with Gasteiger partial charge in [-0.3, -0.25) is 9.59 Å². The van der Waals surface area contributed by atoms with E-state index >= 15 is 0 Å². The fourth-order valence-electron chi connectivity index (χ4n) is 5.02. The van der Waals surface area contributed by atoms with Gasteiger partial charge in [-0.2, -0.15) is 0 Å². The summed E-state index contributed by atoms with van der Waals surface area (Å²) in [6.07, 6.45) is 6.92. The summed E-state index contributed by atoms with van der Waals surface area (Å²) in [5.41, 5.74) is 1.58. The number of nitrogens with zero attached hydrogens (tertiary/aromatic N) is 1. The van der Waals surface area contributed by atoms with Crippen molar-refractivity contribution in [2.75, 3.05) is 11.4 Å². The molecule has 1 aromatic carbocycles. The molecule has 24 heavy (non-hydrogen) atoms. The van der Waals surface area contributed by atoms with Crippen molar-refractivity contribution < 1.29 is 9.59 Å². The summed E-state index contributed by atoms with van der Waals surface area (Å²) in [6.45, 7) is 2.94. The molecular formula is C20H26N2O2. The zero-order chi connectivity index (χ0) is 16.7. The highest BCUT2D eigenvalue weighted by molar-refractivity contribution is 5.97. The Balaban J connectivity index is 1.38. The monoisotopic (exact) mass is 326 g/mol. The van der Waals surface area contributed by atoms with Crippen LogP contribution in [-0.2, 0) is 4.79 Å². The maximum atomic E-state index is 12.5. The fraction of sp³-hybridized carbons (Fsp3) is 0.600. The highest BCUT2D eigenvalue weighted by atomic mass is 16.2. The quantitative estimate of drug-likeness (QED) is 0.922. The molecule has 1 heterocycles. The summed E-state index contributed by atoms with van der Waals surface area (Å²) in [7, 11) is 0. The van der Waals surface area contributed by atoms with Crippen molar-refractivity contribution >= 4 is 17.5 Å². The van der Waals surface area contributed by atoms with Gasteiger partial charge in [-0.15, -0.1) is 0 Å². The number of fused-ring (bicyclic) bond motifs is 2. The Labute approximate surface area is 143 Å². The number of rotatable bonds is 4. The van der Waals surface area contributed by atoms with E-state index in [0.717, 1.165) is 30.5 Å². The second-order valence-corrected chi connectivity index (χ2v) is 7.80. The van der Waals surface area contributed by atoms with Crippen LogP contribution in [0.3, 0.4) is 0 Å². The van der Waals surface area contributed by atoms with Crippen LogP contribution in [0, 0.1) is 17.8 Å². The van der Waals surface area contributed by atoms with Crippen LogP contribution >= 0.6 is 0 Å². The predicted molar refractivity (Wildman–Crippen MR) is 93.9 cm³/mol. The summed E-state index contributed by atoms with van der Waals surface area (Å²) >= 11 is 0. The SMILES string of the molecule is C[C@@H](NC(=O)c1ccc(N2CCCC2=O)cc1)[C@@H]1C[C@H]2CC[C@H]1C2. The van der Waals surface area contributed by atoms with Gasteiger partial charge in [-0.1, -0.05) is 6.42 Å². The van der Waals surface area contributed by atoms with E-state index in [4.69, 9.17) is 0 Å². The maximum absolute atomic E-state index is 12.5. The molecule has 2 bridgehead atoms. The first-order valence-corrected chi connectivity index (χ1v) is 9.33. The molecule has 4 atom stereocenters. The van der Waals surface area contributed by atoms with Crippen LogP contribution in [0.1, 0.15) is 55.8 Å². The number of carbonyl (C=O) groups is 2. The standard InChI is InChI=1S/C20H26N2O2/c1-13(18-12-14-4-5-16(18)11-14)21-20(24)15-6-8-17(9-7-15)22-10-2-3-19(22)23/h6-9,13-14,16,18H,2-5,10-12H2,1H3,(H,21,24)/t13-,14+,16+,18+/m1/s1. The van der Waals surface area contributed by atoms with Gasteiger partial charge in [0.25, 0.3) is 5.91 Å². The van der Waals surface area contributed by atoms with Gasteiger partial charge < -0.3 is 10.2 Å². The Hall–Kier alpha value is -1.84. The number of hydrogen-bond acceptors (Lipinski definition) is 2. The molecule has 0 radical (unpaired) electrons. The third-order valence-corrected chi connectivity index (χ3v) is 6.31. The van der Waals surface area contributed by atoms with Gasteiger partial charge in [0.05, 0.1) is 0 Å². The number of benzene rings is 1. The van der Waals surface area contributed by atoms with E-state index in [2.05, 4.69) is 12.2 Å². The van der Waals surface area contributed by atoms with E-state index in [1.165, 1.54) is 25.7 Å². The van der Waals surface area contributed by atoms with Gasteiger partial charge in [-0.05, 0) is 74.6 Å². The molecular weight excluding hydrogens is 300 g/mol. The number of nitrogens with one attached hydrogen (secondary N) is 1. The summed E-state index contributed by atoms with van der Waals surface area (Å²) < 4.78 is 0. The van der Waals surface area contributed by atoms with Crippen LogP contribution in [0.2, 0.25) is 0 Å². The van der Waals surface area contributed by atoms with Crippen LogP contribution < -0.4 is 10.2 Å². The van der Waals surface area contributed by atoms with Crippen LogP contribution in [0.25, 0.3) is 0 Å².